The first kappa shape index (κ1) is 81.8. The number of nitrogens with zero attached hydrogens (tertiary/aromatic N) is 8. The van der Waals surface area contributed by atoms with Crippen LogP contribution in [0.15, 0.2) is 25.3 Å². The molecule has 54 nitrogen and oxygen atoms in total. The number of rotatable bonds is 21. The SMILES string of the molecule is C[C@@]1(OP(=O)([O-])OP(=O)([O-])O[C@H]2OC(CO)[C@@H](O)[C@@H](O)C2O)O[C@@H](n2cnc3c(N)ncnc32)C(O)[C@H]1O.Nc1ncnc2c1ncn2[C@@H]1O[C@H](COP(=O)([O-])OP(=O)([O-])OP(=O)([O-])O)[C@H](O)C1O.O=P([O-])([O-])OP(=O)([O-])O.O=P([O-])([O-])O[C@H]1OC(CO)[C@@H](O)[C@@H](O)C1O. The molecule has 94 heavy (non-hydrogen) atoms. The minimum atomic E-state index is -6.08. The summed E-state index contributed by atoms with van der Waals surface area (Å²) < 4.78 is 140. The highest BCUT2D eigenvalue weighted by molar-refractivity contribution is 7.65. The highest BCUT2D eigenvalue weighted by atomic mass is 31.3. The van der Waals surface area contributed by atoms with Gasteiger partial charge in [-0.25, -0.2) is 42.8 Å². The zero-order chi connectivity index (χ0) is 71.6. The number of fused-ring (bicyclic) bond motifs is 2. The number of aliphatic hydroxyl groups excluding tert-OH is 12. The van der Waals surface area contributed by atoms with Crippen LogP contribution in [0.5, 0.6) is 0 Å². The van der Waals surface area contributed by atoms with Gasteiger partial charge in [0, 0.05) is 0 Å². The van der Waals surface area contributed by atoms with Gasteiger partial charge in [-0.2, -0.15) is 0 Å². The Kier molecular flexibility index (Phi) is 27.3. The Morgan fingerprint density at radius 3 is 1.33 bits per heavy atom. The Hall–Kier alpha value is -2.90. The Bertz CT molecular complexity index is 3610. The largest absolute Gasteiger partial charge is 0.790 e. The lowest BCUT2D eigenvalue weighted by Crippen LogP contribution is -2.59. The molecule has 0 spiro atoms. The van der Waals surface area contributed by atoms with E-state index < -0.39 is 193 Å². The Labute approximate surface area is 519 Å². The average molecular weight is 1520 g/mol. The van der Waals surface area contributed by atoms with E-state index in [-0.39, 0.29) is 34.0 Å². The molecule has 8 heterocycles. The van der Waals surface area contributed by atoms with Crippen LogP contribution in [0.3, 0.4) is 0 Å². The fraction of sp³-hybridized carbons (Fsp3) is 0.688. The fourth-order valence-corrected chi connectivity index (χ4v) is 14.5. The van der Waals surface area contributed by atoms with Crippen LogP contribution in [0.4, 0.5) is 11.6 Å². The van der Waals surface area contributed by atoms with Crippen molar-refractivity contribution >= 4 is 96.5 Å². The molecule has 540 valence electrons. The number of imidazole rings is 2. The van der Waals surface area contributed by atoms with Crippen molar-refractivity contribution in [2.45, 2.75) is 117 Å². The second-order valence-corrected chi connectivity index (χ2v) is 29.3. The van der Waals surface area contributed by atoms with Gasteiger partial charge in [0.05, 0.1) is 48.1 Å². The Balaban J connectivity index is 0.000000254. The minimum absolute atomic E-state index is 0.0240. The maximum atomic E-state index is 12.4. The molecule has 0 aliphatic carbocycles. The van der Waals surface area contributed by atoms with Crippen molar-refractivity contribution in [2.75, 3.05) is 31.3 Å². The summed E-state index contributed by atoms with van der Waals surface area (Å²) in [4.78, 5) is 146. The first-order valence-electron chi connectivity index (χ1n) is 24.2. The van der Waals surface area contributed by atoms with Gasteiger partial charge >= 0.3 is 0 Å². The van der Waals surface area contributed by atoms with E-state index in [1.807, 2.05) is 0 Å². The zero-order valence-electron chi connectivity index (χ0n) is 45.6. The predicted molar refractivity (Wildman–Crippen MR) is 262 cm³/mol. The van der Waals surface area contributed by atoms with Crippen molar-refractivity contribution in [2.24, 2.45) is 0 Å². The lowest BCUT2D eigenvalue weighted by molar-refractivity contribution is -0.369. The molecule has 0 amide bonds. The molecular formula is C32H48N10O44P8-10. The number of hydrogen-bond donors (Lipinski definition) is 16. The van der Waals surface area contributed by atoms with Crippen molar-refractivity contribution in [3.05, 3.63) is 25.3 Å². The van der Waals surface area contributed by atoms with Crippen molar-refractivity contribution in [1.29, 1.82) is 0 Å². The quantitative estimate of drug-likeness (QED) is 0.0345. The summed E-state index contributed by atoms with van der Waals surface area (Å²) in [7, 11) is -46.2. The van der Waals surface area contributed by atoms with Gasteiger partial charge in [0.15, 0.2) is 48.0 Å². The number of aliphatic hydroxyl groups is 12. The van der Waals surface area contributed by atoms with E-state index in [0.29, 0.717) is 0 Å². The molecule has 0 radical (unpaired) electrons. The van der Waals surface area contributed by atoms with Gasteiger partial charge in [0.1, 0.15) is 103 Å². The molecule has 12 unspecified atom stereocenters. The molecule has 4 saturated heterocycles. The summed E-state index contributed by atoms with van der Waals surface area (Å²) in [5.41, 5.74) is 11.8. The van der Waals surface area contributed by atoms with Gasteiger partial charge in [-0.1, -0.05) is 0 Å². The summed E-state index contributed by atoms with van der Waals surface area (Å²) in [6.45, 7) is -1.88. The van der Waals surface area contributed by atoms with Crippen LogP contribution in [-0.2, 0) is 90.8 Å². The van der Waals surface area contributed by atoms with Crippen molar-refractivity contribution in [3.8, 4) is 0 Å². The van der Waals surface area contributed by atoms with E-state index in [1.165, 1.54) is 10.9 Å². The summed E-state index contributed by atoms with van der Waals surface area (Å²) in [6.07, 6.45) is -25.9. The van der Waals surface area contributed by atoms with E-state index in [2.05, 4.69) is 70.0 Å². The van der Waals surface area contributed by atoms with Crippen LogP contribution in [0.1, 0.15) is 19.4 Å². The zero-order valence-corrected chi connectivity index (χ0v) is 52.7. The van der Waals surface area contributed by atoms with Crippen molar-refractivity contribution in [3.63, 3.8) is 0 Å². The van der Waals surface area contributed by atoms with Crippen LogP contribution < -0.4 is 60.4 Å². The standard InChI is InChI=1S/C16H25N5O15P2.C10H16N5O13P3.C6H13O9P.H4O7P2/c1-16(11(27)10(26)14(33-16)21-4-20-6-12(17)18-3-19-13(6)21)35-38(30,31)36-37(28,29)34-15-9(25)8(24)7(23)5(2-22)32-15;11-8-5-9(13-2-12-8)15(3-14-5)10-7(17)6(16)4(26-10)1-25-30(21,22)28-31(23,24)27-29(18,19)20;7-1-2-3(8)4(9)5(10)6(14-2)15-16(11,12)13;1-8(2,3)7-9(4,5)6/h3-5,7-11,14-15,22-27H,2H2,1H3,(H,28,29)(H,30,31)(H2,17,18,19);2-4,6-7,10,16-17H,1H2,(H,21,22)(H,23,24)(H2,11,12,13)(H2,18,19,20);2-10H,1H2,(H2,11,12,13);(H2,1,2,3)(H2,4,5,6)/p-10/t5?,7-,8-,9?,10?,11-,14-,15-,16+;4-,6+,7?,10-;2?,3-,4-,5?,6-;/m111./s1. The Morgan fingerprint density at radius 1 is 0.489 bits per heavy atom. The number of ether oxygens (including phenoxy) is 4. The second kappa shape index (κ2) is 31.3. The van der Waals surface area contributed by atoms with E-state index in [4.69, 9.17) is 45.7 Å². The third-order valence-corrected chi connectivity index (χ3v) is 20.3. The van der Waals surface area contributed by atoms with Crippen LogP contribution in [0, 0.1) is 0 Å². The molecule has 0 bridgehead atoms. The third-order valence-electron chi connectivity index (χ3n) is 11.8. The molecule has 18 N–H and O–H groups in total. The molecule has 4 aromatic rings. The number of anilines is 2. The van der Waals surface area contributed by atoms with Gasteiger partial charge in [-0.15, -0.1) is 0 Å². The smallest absolute Gasteiger partial charge is 0.280 e. The highest BCUT2D eigenvalue weighted by Crippen LogP contribution is 2.62. The number of nitrogens with two attached hydrogens (primary N) is 2. The first-order chi connectivity index (χ1) is 42.7. The minimum Gasteiger partial charge on any atom is -0.790 e. The van der Waals surface area contributed by atoms with Gasteiger partial charge in [-0.3, -0.25) is 49.9 Å². The highest BCUT2D eigenvalue weighted by Gasteiger charge is 2.56. The van der Waals surface area contributed by atoms with Crippen molar-refractivity contribution in [1.82, 2.24) is 39.0 Å². The molecule has 0 saturated carbocycles. The molecule has 4 aromatic heterocycles. The lowest BCUT2D eigenvalue weighted by atomic mass is 10.00. The molecule has 8 rings (SSSR count). The predicted octanol–water partition coefficient (Wildman–Crippen LogP) is -15.4. The van der Waals surface area contributed by atoms with E-state index in [1.54, 1.807) is 0 Å². The average Bonchev–Trinajstić information content (AvgIpc) is 1.59. The molecule has 4 aliphatic heterocycles. The number of hydrogen-bond acceptors (Lipinski definition) is 50. The normalized spacial score (nSPS) is 34.5. The van der Waals surface area contributed by atoms with Gasteiger partial charge < -0.3 is 169 Å². The lowest BCUT2D eigenvalue weighted by Gasteiger charge is -2.43. The third kappa shape index (κ3) is 22.3. The van der Waals surface area contributed by atoms with Crippen molar-refractivity contribution < 1.29 is 211 Å². The van der Waals surface area contributed by atoms with Crippen LogP contribution in [0.25, 0.3) is 22.3 Å². The first-order valence-corrected chi connectivity index (χ1v) is 36.0. The molecular weight excluding hydrogens is 1480 g/mol. The van der Waals surface area contributed by atoms with E-state index >= 15 is 0 Å². The van der Waals surface area contributed by atoms with Crippen LogP contribution in [0.2, 0.25) is 0 Å². The number of phosphoric acid groups is 8. The molecule has 0 aromatic carbocycles. The second-order valence-electron chi connectivity index (χ2n) is 18.6. The number of aromatic nitrogens is 8. The molecule has 4 aliphatic rings. The maximum absolute atomic E-state index is 12.4. The maximum Gasteiger partial charge on any atom is 0.280 e. The van der Waals surface area contributed by atoms with Gasteiger partial charge in [0.25, 0.3) is 46.9 Å². The van der Waals surface area contributed by atoms with Crippen LogP contribution >= 0.6 is 62.6 Å². The summed E-state index contributed by atoms with van der Waals surface area (Å²) in [5.74, 6) is -2.63. The number of phosphoric ester groups is 4. The fourth-order valence-electron chi connectivity index (χ4n) is 7.87. The molecule has 62 heteroatoms. The summed E-state index contributed by atoms with van der Waals surface area (Å²) in [5, 5.41) is 116. The monoisotopic (exact) mass is 1520 g/mol. The molecule has 24 atom stereocenters. The van der Waals surface area contributed by atoms with Crippen LogP contribution in [-0.4, -0.2) is 228 Å². The Morgan fingerprint density at radius 2 is 0.915 bits per heavy atom. The van der Waals surface area contributed by atoms with Gasteiger partial charge in [-0.05, 0) is 6.92 Å². The topological polar surface area (TPSA) is 900 Å². The van der Waals surface area contributed by atoms with E-state index in [0.717, 1.165) is 30.5 Å². The summed E-state index contributed by atoms with van der Waals surface area (Å²) in [6, 6.07) is 0. The number of nitrogen functional groups attached to an aromatic ring is 2. The summed E-state index contributed by atoms with van der Waals surface area (Å²) >= 11 is 0. The van der Waals surface area contributed by atoms with E-state index in [9.17, 15) is 137 Å². The van der Waals surface area contributed by atoms with Gasteiger partial charge in [0.2, 0.25) is 5.79 Å². The molecule has 4 fully saturated rings.